The van der Waals surface area contributed by atoms with Gasteiger partial charge in [0, 0.05) is 23.3 Å². The van der Waals surface area contributed by atoms with Crippen LogP contribution >= 0.6 is 15.9 Å². The molecule has 0 unspecified atom stereocenters. The number of hydrogen-bond acceptors (Lipinski definition) is 3. The fraction of sp³-hybridized carbons (Fsp3) is 0.353. The van der Waals surface area contributed by atoms with Crippen molar-refractivity contribution in [2.24, 2.45) is 0 Å². The van der Waals surface area contributed by atoms with Gasteiger partial charge in [-0.05, 0) is 43.8 Å². The van der Waals surface area contributed by atoms with Crippen LogP contribution in [-0.4, -0.2) is 29.6 Å². The fourth-order valence-corrected chi connectivity index (χ4v) is 2.49. The second kappa shape index (κ2) is 8.15. The molecule has 0 aliphatic heterocycles. The van der Waals surface area contributed by atoms with E-state index in [0.29, 0.717) is 6.61 Å². The van der Waals surface area contributed by atoms with Gasteiger partial charge in [-0.25, -0.2) is 0 Å². The summed E-state index contributed by atoms with van der Waals surface area (Å²) >= 11 is 3.45. The van der Waals surface area contributed by atoms with Crippen LogP contribution in [-0.2, 0) is 6.54 Å². The van der Waals surface area contributed by atoms with E-state index in [4.69, 9.17) is 4.74 Å². The van der Waals surface area contributed by atoms with Crippen LogP contribution in [0.2, 0.25) is 0 Å². The quantitative estimate of drug-likeness (QED) is 0.754. The first-order valence-corrected chi connectivity index (χ1v) is 8.00. The first kappa shape index (κ1) is 16.0. The zero-order chi connectivity index (χ0) is 15.1. The Morgan fingerprint density at radius 3 is 2.71 bits per heavy atom. The van der Waals surface area contributed by atoms with Gasteiger partial charge < -0.3 is 4.74 Å². The number of rotatable bonds is 7. The molecule has 112 valence electrons. The molecule has 0 radical (unpaired) electrons. The highest BCUT2D eigenvalue weighted by atomic mass is 79.9. The maximum atomic E-state index is 5.79. The maximum Gasteiger partial charge on any atom is 0.120 e. The third kappa shape index (κ3) is 5.48. The zero-order valence-corrected chi connectivity index (χ0v) is 14.1. The van der Waals surface area contributed by atoms with E-state index in [9.17, 15) is 0 Å². The van der Waals surface area contributed by atoms with Gasteiger partial charge in [-0.3, -0.25) is 9.88 Å². The number of benzene rings is 1. The van der Waals surface area contributed by atoms with Crippen molar-refractivity contribution in [3.63, 3.8) is 0 Å². The van der Waals surface area contributed by atoms with Gasteiger partial charge in [0.1, 0.15) is 12.4 Å². The first-order valence-electron chi connectivity index (χ1n) is 7.20. The molecule has 2 rings (SSSR count). The van der Waals surface area contributed by atoms with Crippen LogP contribution < -0.4 is 4.74 Å². The third-order valence-electron chi connectivity index (χ3n) is 3.25. The Morgan fingerprint density at radius 2 is 2.00 bits per heavy atom. The summed E-state index contributed by atoms with van der Waals surface area (Å²) in [5.74, 6) is 0.897. The number of hydrogen-bond donors (Lipinski definition) is 0. The van der Waals surface area contributed by atoms with E-state index in [1.807, 2.05) is 37.3 Å². The number of likely N-dealkylation sites (N-methyl/N-ethyl adjacent to an activating group) is 1. The van der Waals surface area contributed by atoms with Crippen LogP contribution in [0.5, 0.6) is 5.75 Å². The lowest BCUT2D eigenvalue weighted by Gasteiger charge is -2.20. The van der Waals surface area contributed by atoms with Gasteiger partial charge in [0.15, 0.2) is 0 Å². The van der Waals surface area contributed by atoms with Gasteiger partial charge in [-0.2, -0.15) is 0 Å². The molecule has 0 amide bonds. The minimum atomic E-state index is 0.677. The van der Waals surface area contributed by atoms with Crippen molar-refractivity contribution >= 4 is 15.9 Å². The molecule has 0 aliphatic carbocycles. The maximum absolute atomic E-state index is 5.79. The van der Waals surface area contributed by atoms with Crippen molar-refractivity contribution < 1.29 is 4.74 Å². The molecule has 0 atom stereocenters. The predicted molar refractivity (Wildman–Crippen MR) is 89.6 cm³/mol. The predicted octanol–water partition coefficient (Wildman–Crippen LogP) is 4.05. The fourth-order valence-electron chi connectivity index (χ4n) is 2.12. The first-order chi connectivity index (χ1) is 10.2. The number of pyridine rings is 1. The van der Waals surface area contributed by atoms with Gasteiger partial charge in [-0.1, -0.05) is 35.0 Å². The second-order valence-corrected chi connectivity index (χ2v) is 5.86. The lowest BCUT2D eigenvalue weighted by Crippen LogP contribution is -2.28. The summed E-state index contributed by atoms with van der Waals surface area (Å²) in [4.78, 5) is 6.88. The second-order valence-electron chi connectivity index (χ2n) is 4.94. The average molecular weight is 349 g/mol. The van der Waals surface area contributed by atoms with Gasteiger partial charge >= 0.3 is 0 Å². The van der Waals surface area contributed by atoms with Crippen LogP contribution in [0.3, 0.4) is 0 Å². The molecule has 0 spiro atoms. The van der Waals surface area contributed by atoms with E-state index in [2.05, 4.69) is 44.9 Å². The molecule has 0 N–H and O–H groups in total. The number of ether oxygens (including phenoxy) is 1. The molecule has 0 bridgehead atoms. The molecular weight excluding hydrogens is 328 g/mol. The van der Waals surface area contributed by atoms with Gasteiger partial charge in [0.25, 0.3) is 0 Å². The molecular formula is C17H21BrN2O. The van der Waals surface area contributed by atoms with Crippen LogP contribution in [0.4, 0.5) is 0 Å². The molecule has 0 saturated heterocycles. The van der Waals surface area contributed by atoms with Crippen molar-refractivity contribution in [3.05, 3.63) is 58.3 Å². The van der Waals surface area contributed by atoms with E-state index < -0.39 is 0 Å². The van der Waals surface area contributed by atoms with Crippen molar-refractivity contribution in [3.8, 4) is 5.75 Å². The highest BCUT2D eigenvalue weighted by Crippen LogP contribution is 2.17. The SMILES string of the molecule is CCN(CCOc1cccc(Br)c1)Cc1cccc(C)n1. The average Bonchev–Trinajstić information content (AvgIpc) is 2.46. The van der Waals surface area contributed by atoms with Crippen LogP contribution in [0.1, 0.15) is 18.3 Å². The Morgan fingerprint density at radius 1 is 1.19 bits per heavy atom. The van der Waals surface area contributed by atoms with Crippen molar-refractivity contribution in [2.75, 3.05) is 19.7 Å². The molecule has 1 aromatic carbocycles. The monoisotopic (exact) mass is 348 g/mol. The standard InChI is InChI=1S/C17H21BrN2O/c1-3-20(13-16-8-4-6-14(2)19-16)10-11-21-17-9-5-7-15(18)12-17/h4-9,12H,3,10-11,13H2,1-2H3. The summed E-state index contributed by atoms with van der Waals surface area (Å²) in [6.45, 7) is 7.59. The summed E-state index contributed by atoms with van der Waals surface area (Å²) in [5, 5.41) is 0. The molecule has 1 aromatic heterocycles. The minimum Gasteiger partial charge on any atom is -0.492 e. The Hall–Kier alpha value is -1.39. The van der Waals surface area contributed by atoms with Crippen molar-refractivity contribution in [2.45, 2.75) is 20.4 Å². The lowest BCUT2D eigenvalue weighted by atomic mass is 10.3. The summed E-state index contributed by atoms with van der Waals surface area (Å²) in [6.07, 6.45) is 0. The summed E-state index contributed by atoms with van der Waals surface area (Å²) < 4.78 is 6.83. The highest BCUT2D eigenvalue weighted by molar-refractivity contribution is 9.10. The van der Waals surface area contributed by atoms with E-state index in [0.717, 1.165) is 41.2 Å². The summed E-state index contributed by atoms with van der Waals surface area (Å²) in [5.41, 5.74) is 2.17. The Labute approximate surface area is 135 Å². The number of aryl methyl sites for hydroxylation is 1. The van der Waals surface area contributed by atoms with E-state index >= 15 is 0 Å². The van der Waals surface area contributed by atoms with E-state index in [-0.39, 0.29) is 0 Å². The summed E-state index contributed by atoms with van der Waals surface area (Å²) in [6, 6.07) is 14.1. The molecule has 0 aliphatic rings. The van der Waals surface area contributed by atoms with E-state index in [1.165, 1.54) is 0 Å². The lowest BCUT2D eigenvalue weighted by molar-refractivity contribution is 0.208. The zero-order valence-electron chi connectivity index (χ0n) is 12.6. The number of aromatic nitrogens is 1. The molecule has 0 saturated carbocycles. The van der Waals surface area contributed by atoms with Gasteiger partial charge in [0.05, 0.1) is 5.69 Å². The topological polar surface area (TPSA) is 25.4 Å². The molecule has 4 heteroatoms. The summed E-state index contributed by atoms with van der Waals surface area (Å²) in [7, 11) is 0. The molecule has 1 heterocycles. The van der Waals surface area contributed by atoms with E-state index in [1.54, 1.807) is 0 Å². The molecule has 2 aromatic rings. The van der Waals surface area contributed by atoms with Crippen LogP contribution in [0, 0.1) is 6.92 Å². The highest BCUT2D eigenvalue weighted by Gasteiger charge is 2.05. The molecule has 3 nitrogen and oxygen atoms in total. The normalized spacial score (nSPS) is 10.9. The minimum absolute atomic E-state index is 0.677. The van der Waals surface area contributed by atoms with Crippen LogP contribution in [0.25, 0.3) is 0 Å². The smallest absolute Gasteiger partial charge is 0.120 e. The van der Waals surface area contributed by atoms with Crippen molar-refractivity contribution in [1.82, 2.24) is 9.88 Å². The largest absolute Gasteiger partial charge is 0.492 e. The molecule has 0 fully saturated rings. The van der Waals surface area contributed by atoms with Gasteiger partial charge in [0.2, 0.25) is 0 Å². The third-order valence-corrected chi connectivity index (χ3v) is 3.74. The number of halogens is 1. The van der Waals surface area contributed by atoms with Crippen molar-refractivity contribution in [1.29, 1.82) is 0 Å². The molecule has 21 heavy (non-hydrogen) atoms. The Balaban J connectivity index is 1.82. The van der Waals surface area contributed by atoms with Gasteiger partial charge in [-0.15, -0.1) is 0 Å². The number of nitrogens with zero attached hydrogens (tertiary/aromatic N) is 2. The Kier molecular flexibility index (Phi) is 6.21. The Bertz CT molecular complexity index is 574. The van der Waals surface area contributed by atoms with Crippen LogP contribution in [0.15, 0.2) is 46.9 Å².